The van der Waals surface area contributed by atoms with Crippen LogP contribution in [0.2, 0.25) is 5.02 Å². The molecule has 182 valence electrons. The molecule has 0 saturated carbocycles. The molecule has 1 aliphatic rings. The van der Waals surface area contributed by atoms with E-state index in [1.807, 2.05) is 55.3 Å². The lowest BCUT2D eigenvalue weighted by molar-refractivity contribution is -0.133. The predicted molar refractivity (Wildman–Crippen MR) is 138 cm³/mol. The Morgan fingerprint density at radius 3 is 2.47 bits per heavy atom. The van der Waals surface area contributed by atoms with Crippen LogP contribution in [0.1, 0.15) is 39.2 Å². The zero-order chi connectivity index (χ0) is 24.2. The normalized spacial score (nSPS) is 15.4. The summed E-state index contributed by atoms with van der Waals surface area (Å²) in [5, 5.41) is 5.15. The fourth-order valence-electron chi connectivity index (χ4n) is 4.41. The number of H-pyrrole nitrogens is 1. The molecule has 0 aliphatic carbocycles. The number of benzene rings is 1. The summed E-state index contributed by atoms with van der Waals surface area (Å²) in [7, 11) is 0. The molecule has 3 aromatic rings. The fourth-order valence-corrected chi connectivity index (χ4v) is 4.54. The smallest absolute Gasteiger partial charge is 0.231 e. The van der Waals surface area contributed by atoms with Gasteiger partial charge >= 0.3 is 0 Å². The molecule has 7 nitrogen and oxygen atoms in total. The maximum Gasteiger partial charge on any atom is 0.231 e. The number of hydrogen-bond acceptors (Lipinski definition) is 5. The molecule has 34 heavy (non-hydrogen) atoms. The quantitative estimate of drug-likeness (QED) is 0.495. The van der Waals surface area contributed by atoms with E-state index in [1.54, 1.807) is 6.20 Å². The van der Waals surface area contributed by atoms with Crippen molar-refractivity contribution < 1.29 is 9.53 Å². The highest BCUT2D eigenvalue weighted by Gasteiger charge is 2.30. The third kappa shape index (κ3) is 5.47. The summed E-state index contributed by atoms with van der Waals surface area (Å²) in [5.41, 5.74) is 2.87. The number of piperazine rings is 1. The van der Waals surface area contributed by atoms with Crippen LogP contribution in [0.25, 0.3) is 11.0 Å². The summed E-state index contributed by atoms with van der Waals surface area (Å²) in [6.07, 6.45) is 3.74. The number of anilines is 1. The van der Waals surface area contributed by atoms with E-state index in [0.29, 0.717) is 30.7 Å². The van der Waals surface area contributed by atoms with Gasteiger partial charge in [-0.25, -0.2) is 4.98 Å². The lowest BCUT2D eigenvalue weighted by atomic mass is 9.96. The van der Waals surface area contributed by atoms with Gasteiger partial charge in [0, 0.05) is 55.4 Å². The van der Waals surface area contributed by atoms with Crippen LogP contribution >= 0.6 is 11.6 Å². The van der Waals surface area contributed by atoms with Gasteiger partial charge in [0.2, 0.25) is 5.91 Å². The second-order valence-electron chi connectivity index (χ2n) is 9.36. The molecular weight excluding hydrogens is 450 g/mol. The zero-order valence-electron chi connectivity index (χ0n) is 20.3. The highest BCUT2D eigenvalue weighted by molar-refractivity contribution is 6.30. The van der Waals surface area contributed by atoms with Gasteiger partial charge in [-0.15, -0.1) is 0 Å². The largest absolute Gasteiger partial charge is 0.487 e. The van der Waals surface area contributed by atoms with Crippen LogP contribution in [-0.2, 0) is 4.79 Å². The third-order valence-corrected chi connectivity index (χ3v) is 6.35. The van der Waals surface area contributed by atoms with Crippen LogP contribution in [0.5, 0.6) is 5.75 Å². The second-order valence-corrected chi connectivity index (χ2v) is 9.79. The summed E-state index contributed by atoms with van der Waals surface area (Å²) in [6, 6.07) is 9.96. The molecule has 2 N–H and O–H groups in total. The standard InChI is InChI=1S/C26H34ClN5O2/c1-17(2)29-15-22(19-5-7-20(27)8-6-19)26(33)32-13-11-31(12-14-32)24-21-9-10-28-25(21)30-16-23(24)34-18(3)4/h5-10,16-18,22,29H,11-15H2,1-4H3,(H,28,30)/t22-/m1/s1. The van der Waals surface area contributed by atoms with Crippen molar-refractivity contribution in [2.24, 2.45) is 0 Å². The van der Waals surface area contributed by atoms with Gasteiger partial charge in [0.15, 0.2) is 5.75 Å². The SMILES string of the molecule is CC(C)NC[C@@H](C(=O)N1CCN(c2c(OC(C)C)cnc3[nH]ccc23)CC1)c1ccc(Cl)cc1. The second kappa shape index (κ2) is 10.7. The number of aromatic nitrogens is 2. The van der Waals surface area contributed by atoms with Gasteiger partial charge < -0.3 is 24.8 Å². The van der Waals surface area contributed by atoms with Gasteiger partial charge in [-0.2, -0.15) is 0 Å². The first-order valence-electron chi connectivity index (χ1n) is 12.0. The van der Waals surface area contributed by atoms with Crippen LogP contribution in [0.3, 0.4) is 0 Å². The Balaban J connectivity index is 1.52. The molecule has 0 bridgehead atoms. The van der Waals surface area contributed by atoms with Crippen molar-refractivity contribution >= 4 is 34.2 Å². The number of hydrogen-bond donors (Lipinski definition) is 2. The topological polar surface area (TPSA) is 73.5 Å². The summed E-state index contributed by atoms with van der Waals surface area (Å²) in [4.78, 5) is 25.6. The van der Waals surface area contributed by atoms with Gasteiger partial charge in [0.05, 0.1) is 23.9 Å². The molecule has 3 heterocycles. The summed E-state index contributed by atoms with van der Waals surface area (Å²) < 4.78 is 6.09. The number of fused-ring (bicyclic) bond motifs is 1. The summed E-state index contributed by atoms with van der Waals surface area (Å²) in [5.74, 6) is 0.681. The van der Waals surface area contributed by atoms with E-state index >= 15 is 0 Å². The number of aromatic amines is 1. The molecule has 1 amide bonds. The van der Waals surface area contributed by atoms with E-state index in [1.165, 1.54) is 0 Å². The van der Waals surface area contributed by atoms with Crippen LogP contribution in [0, 0.1) is 0 Å². The Morgan fingerprint density at radius 1 is 1.12 bits per heavy atom. The Hall–Kier alpha value is -2.77. The van der Waals surface area contributed by atoms with Gasteiger partial charge in [-0.05, 0) is 37.6 Å². The first-order valence-corrected chi connectivity index (χ1v) is 12.4. The van der Waals surface area contributed by atoms with E-state index in [9.17, 15) is 4.79 Å². The van der Waals surface area contributed by atoms with E-state index in [-0.39, 0.29) is 17.9 Å². The number of nitrogens with one attached hydrogen (secondary N) is 2. The maximum absolute atomic E-state index is 13.6. The van der Waals surface area contributed by atoms with Crippen molar-refractivity contribution in [2.75, 3.05) is 37.6 Å². The third-order valence-electron chi connectivity index (χ3n) is 6.10. The van der Waals surface area contributed by atoms with E-state index in [0.717, 1.165) is 41.1 Å². The first-order chi connectivity index (χ1) is 16.3. The zero-order valence-corrected chi connectivity index (χ0v) is 21.1. The number of nitrogens with zero attached hydrogens (tertiary/aromatic N) is 3. The van der Waals surface area contributed by atoms with Gasteiger partial charge in [0.25, 0.3) is 0 Å². The molecular formula is C26H34ClN5O2. The number of carbonyl (C=O) groups is 1. The predicted octanol–water partition coefficient (Wildman–Crippen LogP) is 4.43. The number of carbonyl (C=O) groups excluding carboxylic acids is 1. The Kier molecular flexibility index (Phi) is 7.63. The molecule has 0 spiro atoms. The summed E-state index contributed by atoms with van der Waals surface area (Å²) >= 11 is 6.09. The minimum atomic E-state index is -0.247. The van der Waals surface area contributed by atoms with Crippen molar-refractivity contribution in [1.82, 2.24) is 20.2 Å². The van der Waals surface area contributed by atoms with Crippen LogP contribution in [-0.4, -0.2) is 65.6 Å². The number of amides is 1. The Morgan fingerprint density at radius 2 is 1.82 bits per heavy atom. The van der Waals surface area contributed by atoms with E-state index < -0.39 is 0 Å². The lowest BCUT2D eigenvalue weighted by Crippen LogP contribution is -2.51. The molecule has 1 aliphatic heterocycles. The van der Waals surface area contributed by atoms with Crippen LogP contribution in [0.4, 0.5) is 5.69 Å². The number of rotatable bonds is 8. The minimum Gasteiger partial charge on any atom is -0.487 e. The monoisotopic (exact) mass is 483 g/mol. The molecule has 1 fully saturated rings. The van der Waals surface area contributed by atoms with Gasteiger partial charge in [-0.3, -0.25) is 4.79 Å². The van der Waals surface area contributed by atoms with E-state index in [4.69, 9.17) is 16.3 Å². The Labute approximate surface area is 206 Å². The van der Waals surface area contributed by atoms with Gasteiger partial charge in [0.1, 0.15) is 5.65 Å². The summed E-state index contributed by atoms with van der Waals surface area (Å²) in [6.45, 7) is 11.6. The minimum absolute atomic E-state index is 0.0494. The number of ether oxygens (including phenoxy) is 1. The molecule has 8 heteroatoms. The maximum atomic E-state index is 13.6. The average molecular weight is 484 g/mol. The van der Waals surface area contributed by atoms with E-state index in [2.05, 4.69) is 34.0 Å². The van der Waals surface area contributed by atoms with Crippen molar-refractivity contribution in [3.63, 3.8) is 0 Å². The molecule has 2 aromatic heterocycles. The highest BCUT2D eigenvalue weighted by Crippen LogP contribution is 2.36. The average Bonchev–Trinajstić information content (AvgIpc) is 3.28. The van der Waals surface area contributed by atoms with Crippen molar-refractivity contribution in [1.29, 1.82) is 0 Å². The van der Waals surface area contributed by atoms with Crippen LogP contribution in [0.15, 0.2) is 42.7 Å². The molecule has 1 aromatic carbocycles. The van der Waals surface area contributed by atoms with Crippen molar-refractivity contribution in [3.8, 4) is 5.75 Å². The molecule has 4 rings (SSSR count). The number of pyridine rings is 1. The molecule has 0 radical (unpaired) electrons. The highest BCUT2D eigenvalue weighted by atomic mass is 35.5. The first kappa shape index (κ1) is 24.4. The van der Waals surface area contributed by atoms with Gasteiger partial charge in [-0.1, -0.05) is 37.6 Å². The Bertz CT molecular complexity index is 1100. The molecule has 0 unspecified atom stereocenters. The van der Waals surface area contributed by atoms with Crippen LogP contribution < -0.4 is 15.0 Å². The van der Waals surface area contributed by atoms with Crippen molar-refractivity contribution in [2.45, 2.75) is 45.8 Å². The van der Waals surface area contributed by atoms with Crippen molar-refractivity contribution in [3.05, 3.63) is 53.3 Å². The molecule has 1 saturated heterocycles. The molecule has 1 atom stereocenters. The number of halogens is 1. The fraction of sp³-hybridized carbons (Fsp3) is 0.462. The lowest BCUT2D eigenvalue weighted by Gasteiger charge is -2.38.